The van der Waals surface area contributed by atoms with Crippen molar-refractivity contribution >= 4 is 17.2 Å². The van der Waals surface area contributed by atoms with Crippen LogP contribution in [-0.4, -0.2) is 22.2 Å². The zero-order chi connectivity index (χ0) is 15.6. The maximum atomic E-state index is 11.9. The van der Waals surface area contributed by atoms with E-state index in [1.165, 1.54) is 31.1 Å². The van der Waals surface area contributed by atoms with E-state index in [0.29, 0.717) is 24.6 Å². The molecule has 1 N–H and O–H groups in total. The first-order valence-corrected chi connectivity index (χ1v) is 8.66. The number of carbonyl (C=O) groups is 1. The van der Waals surface area contributed by atoms with Gasteiger partial charge < -0.3 is 9.73 Å². The zero-order valence-corrected chi connectivity index (χ0v) is 13.4. The Morgan fingerprint density at radius 3 is 3.04 bits per heavy atom. The molecular formula is C17H17N3O2S. The van der Waals surface area contributed by atoms with E-state index >= 15 is 0 Å². The second kappa shape index (κ2) is 6.04. The standard InChI is InChI=1S/C17H17N3O2S/c21-17(13-3-7-22-10-13)18-5-6-20-16(12-1-2-12)9-15(19-20)14-4-8-23-11-14/h3-4,7-12H,1-2,5-6H2,(H,18,21). The number of carbonyl (C=O) groups excluding carboxylic acids is 1. The summed E-state index contributed by atoms with van der Waals surface area (Å²) < 4.78 is 6.97. The Balaban J connectivity index is 1.44. The smallest absolute Gasteiger partial charge is 0.254 e. The second-order valence-electron chi connectivity index (χ2n) is 5.73. The topological polar surface area (TPSA) is 60.1 Å². The van der Waals surface area contributed by atoms with Gasteiger partial charge in [0.1, 0.15) is 6.26 Å². The third-order valence-electron chi connectivity index (χ3n) is 4.02. The lowest BCUT2D eigenvalue weighted by Crippen LogP contribution is -2.27. The molecule has 4 rings (SSSR count). The van der Waals surface area contributed by atoms with Crippen molar-refractivity contribution in [3.05, 3.63) is 52.7 Å². The number of amides is 1. The minimum Gasteiger partial charge on any atom is -0.472 e. The Morgan fingerprint density at radius 2 is 2.35 bits per heavy atom. The average molecular weight is 327 g/mol. The first kappa shape index (κ1) is 14.3. The van der Waals surface area contributed by atoms with Crippen molar-refractivity contribution in [3.63, 3.8) is 0 Å². The molecule has 0 aliphatic heterocycles. The van der Waals surface area contributed by atoms with Gasteiger partial charge >= 0.3 is 0 Å². The highest BCUT2D eigenvalue weighted by molar-refractivity contribution is 7.08. The van der Waals surface area contributed by atoms with Crippen LogP contribution in [0.15, 0.2) is 45.9 Å². The molecule has 5 nitrogen and oxygen atoms in total. The Bertz CT molecular complexity index is 786. The number of nitrogens with zero attached hydrogens (tertiary/aromatic N) is 2. The predicted molar refractivity (Wildman–Crippen MR) is 88.6 cm³/mol. The van der Waals surface area contributed by atoms with E-state index in [-0.39, 0.29) is 5.91 Å². The summed E-state index contributed by atoms with van der Waals surface area (Å²) in [5.74, 6) is 0.511. The quantitative estimate of drug-likeness (QED) is 0.753. The highest BCUT2D eigenvalue weighted by atomic mass is 32.1. The fraction of sp³-hybridized carbons (Fsp3) is 0.294. The van der Waals surface area contributed by atoms with Gasteiger partial charge in [-0.1, -0.05) is 0 Å². The molecule has 6 heteroatoms. The number of rotatable bonds is 6. The molecule has 3 aromatic rings. The van der Waals surface area contributed by atoms with Crippen molar-refractivity contribution < 1.29 is 9.21 Å². The summed E-state index contributed by atoms with van der Waals surface area (Å²) in [6, 6.07) is 5.94. The number of furan rings is 1. The summed E-state index contributed by atoms with van der Waals surface area (Å²) in [7, 11) is 0. The summed E-state index contributed by atoms with van der Waals surface area (Å²) in [6.07, 6.45) is 5.42. The highest BCUT2D eigenvalue weighted by Crippen LogP contribution is 2.41. The van der Waals surface area contributed by atoms with Crippen LogP contribution in [0.3, 0.4) is 0 Å². The van der Waals surface area contributed by atoms with Gasteiger partial charge in [-0.2, -0.15) is 16.4 Å². The van der Waals surface area contributed by atoms with Crippen LogP contribution in [-0.2, 0) is 6.54 Å². The van der Waals surface area contributed by atoms with Gasteiger partial charge in [-0.25, -0.2) is 0 Å². The lowest BCUT2D eigenvalue weighted by atomic mass is 10.2. The van der Waals surface area contributed by atoms with E-state index in [9.17, 15) is 4.79 Å². The minimum atomic E-state index is -0.114. The molecule has 0 radical (unpaired) electrons. The van der Waals surface area contributed by atoms with Crippen LogP contribution in [0.1, 0.15) is 34.8 Å². The first-order valence-electron chi connectivity index (χ1n) is 7.72. The molecule has 118 valence electrons. The van der Waals surface area contributed by atoms with E-state index in [0.717, 1.165) is 11.3 Å². The zero-order valence-electron chi connectivity index (χ0n) is 12.6. The summed E-state index contributed by atoms with van der Waals surface area (Å²) in [5, 5.41) is 11.8. The molecule has 1 saturated carbocycles. The maximum absolute atomic E-state index is 11.9. The minimum absolute atomic E-state index is 0.114. The van der Waals surface area contributed by atoms with Crippen LogP contribution in [0.5, 0.6) is 0 Å². The van der Waals surface area contributed by atoms with E-state index in [4.69, 9.17) is 9.52 Å². The van der Waals surface area contributed by atoms with Crippen LogP contribution in [0, 0.1) is 0 Å². The first-order chi connectivity index (χ1) is 11.3. The Hall–Kier alpha value is -2.34. The van der Waals surface area contributed by atoms with Gasteiger partial charge in [0.25, 0.3) is 5.91 Å². The van der Waals surface area contributed by atoms with Crippen LogP contribution in [0.25, 0.3) is 11.3 Å². The van der Waals surface area contributed by atoms with Gasteiger partial charge in [-0.3, -0.25) is 9.48 Å². The molecule has 1 fully saturated rings. The van der Waals surface area contributed by atoms with Gasteiger partial charge in [0.15, 0.2) is 0 Å². The second-order valence-corrected chi connectivity index (χ2v) is 6.51. The lowest BCUT2D eigenvalue weighted by molar-refractivity contribution is 0.0951. The summed E-state index contributed by atoms with van der Waals surface area (Å²) in [4.78, 5) is 11.9. The predicted octanol–water partition coefficient (Wildman–Crippen LogP) is 3.51. The average Bonchev–Trinajstić information content (AvgIpc) is 3.05. The van der Waals surface area contributed by atoms with Gasteiger partial charge in [-0.05, 0) is 36.4 Å². The number of hydrogen-bond acceptors (Lipinski definition) is 4. The van der Waals surface area contributed by atoms with E-state index in [1.54, 1.807) is 17.4 Å². The molecule has 3 aromatic heterocycles. The summed E-state index contributed by atoms with van der Waals surface area (Å²) in [6.45, 7) is 1.23. The highest BCUT2D eigenvalue weighted by Gasteiger charge is 2.28. The van der Waals surface area contributed by atoms with Crippen LogP contribution in [0.4, 0.5) is 0 Å². The molecule has 3 heterocycles. The molecule has 0 spiro atoms. The van der Waals surface area contributed by atoms with Gasteiger partial charge in [0.2, 0.25) is 0 Å². The third kappa shape index (κ3) is 3.07. The third-order valence-corrected chi connectivity index (χ3v) is 4.70. The van der Waals surface area contributed by atoms with Gasteiger partial charge in [0.05, 0.1) is 24.1 Å². The molecule has 1 amide bonds. The monoisotopic (exact) mass is 327 g/mol. The Kier molecular flexibility index (Phi) is 3.75. The number of aromatic nitrogens is 2. The number of thiophene rings is 1. The molecule has 0 aromatic carbocycles. The van der Waals surface area contributed by atoms with Crippen LogP contribution < -0.4 is 5.32 Å². The summed E-state index contributed by atoms with van der Waals surface area (Å²) >= 11 is 1.68. The van der Waals surface area contributed by atoms with E-state index in [1.807, 2.05) is 4.68 Å². The molecular weight excluding hydrogens is 310 g/mol. The summed E-state index contributed by atoms with van der Waals surface area (Å²) in [5.41, 5.74) is 4.02. The van der Waals surface area contributed by atoms with E-state index < -0.39 is 0 Å². The van der Waals surface area contributed by atoms with Gasteiger partial charge in [0, 0.05) is 29.1 Å². The van der Waals surface area contributed by atoms with Crippen LogP contribution in [0.2, 0.25) is 0 Å². The molecule has 23 heavy (non-hydrogen) atoms. The molecule has 0 atom stereocenters. The fourth-order valence-electron chi connectivity index (χ4n) is 2.64. The van der Waals surface area contributed by atoms with Crippen molar-refractivity contribution in [1.82, 2.24) is 15.1 Å². The normalized spacial score (nSPS) is 14.1. The van der Waals surface area contributed by atoms with Crippen molar-refractivity contribution in [1.29, 1.82) is 0 Å². The maximum Gasteiger partial charge on any atom is 0.254 e. The lowest BCUT2D eigenvalue weighted by Gasteiger charge is -2.07. The SMILES string of the molecule is O=C(NCCn1nc(-c2ccsc2)cc1C1CC1)c1ccoc1. The molecule has 1 aliphatic carbocycles. The number of hydrogen-bond donors (Lipinski definition) is 1. The van der Waals surface area contributed by atoms with Crippen molar-refractivity contribution in [3.8, 4) is 11.3 Å². The van der Waals surface area contributed by atoms with E-state index in [2.05, 4.69) is 28.2 Å². The number of nitrogens with one attached hydrogen (secondary N) is 1. The van der Waals surface area contributed by atoms with Gasteiger partial charge in [-0.15, -0.1) is 0 Å². The van der Waals surface area contributed by atoms with Crippen molar-refractivity contribution in [2.45, 2.75) is 25.3 Å². The van der Waals surface area contributed by atoms with Crippen molar-refractivity contribution in [2.75, 3.05) is 6.54 Å². The molecule has 0 unspecified atom stereocenters. The Labute approximate surface area is 137 Å². The largest absolute Gasteiger partial charge is 0.472 e. The molecule has 1 aliphatic rings. The van der Waals surface area contributed by atoms with Crippen molar-refractivity contribution in [2.24, 2.45) is 0 Å². The Morgan fingerprint density at radius 1 is 1.43 bits per heavy atom. The molecule has 0 saturated heterocycles. The fourth-order valence-corrected chi connectivity index (χ4v) is 3.29. The molecule has 0 bridgehead atoms. The van der Waals surface area contributed by atoms with Crippen LogP contribution >= 0.6 is 11.3 Å².